The molecule has 24 heavy (non-hydrogen) atoms. The molecule has 1 unspecified atom stereocenters. The van der Waals surface area contributed by atoms with Gasteiger partial charge in [0, 0.05) is 23.7 Å². The van der Waals surface area contributed by atoms with Crippen molar-refractivity contribution in [3.63, 3.8) is 0 Å². The fourth-order valence-electron chi connectivity index (χ4n) is 2.98. The molecule has 3 aromatic rings. The van der Waals surface area contributed by atoms with Gasteiger partial charge >= 0.3 is 0 Å². The van der Waals surface area contributed by atoms with Gasteiger partial charge in [-0.15, -0.1) is 0 Å². The van der Waals surface area contributed by atoms with Crippen molar-refractivity contribution < 1.29 is 4.79 Å². The summed E-state index contributed by atoms with van der Waals surface area (Å²) in [6.07, 6.45) is 4.23. The fraction of sp³-hybridized carbons (Fsp3) is 0.250. The van der Waals surface area contributed by atoms with E-state index in [0.717, 1.165) is 36.5 Å². The molecule has 1 fully saturated rings. The maximum absolute atomic E-state index is 12.6. The predicted octanol–water partition coefficient (Wildman–Crippen LogP) is 1.52. The monoisotopic (exact) mass is 323 g/mol. The Hall–Kier alpha value is -3.00. The number of amides is 1. The Morgan fingerprint density at radius 1 is 1.25 bits per heavy atom. The number of benzene rings is 1. The van der Waals surface area contributed by atoms with Gasteiger partial charge in [0.1, 0.15) is 5.69 Å². The molecule has 0 saturated carbocycles. The first-order chi connectivity index (χ1) is 11.8. The average molecular weight is 323 g/mol. The number of aromatic nitrogens is 5. The van der Waals surface area contributed by atoms with Crippen LogP contribution in [-0.2, 0) is 0 Å². The molecule has 1 atom stereocenters. The molecule has 1 aliphatic rings. The molecule has 1 aromatic carbocycles. The molecule has 122 valence electrons. The molecule has 0 spiro atoms. The van der Waals surface area contributed by atoms with Crippen molar-refractivity contribution in [3.8, 4) is 11.3 Å². The van der Waals surface area contributed by atoms with Gasteiger partial charge in [-0.05, 0) is 25.1 Å². The minimum atomic E-state index is -0.164. The topological polar surface area (TPSA) is 111 Å². The molecule has 4 rings (SSSR count). The van der Waals surface area contributed by atoms with Crippen LogP contribution in [0.4, 0.5) is 5.69 Å². The highest BCUT2D eigenvalue weighted by Crippen LogP contribution is 2.25. The van der Waals surface area contributed by atoms with Crippen molar-refractivity contribution in [2.75, 3.05) is 18.4 Å². The average Bonchev–Trinajstić information content (AvgIpc) is 3.35. The molecule has 0 bridgehead atoms. The molecular formula is C16H17N7O. The highest BCUT2D eigenvalue weighted by molar-refractivity contribution is 6.05. The fourth-order valence-corrected chi connectivity index (χ4v) is 2.98. The van der Waals surface area contributed by atoms with Crippen LogP contribution in [0.25, 0.3) is 11.3 Å². The van der Waals surface area contributed by atoms with Crippen LogP contribution in [0, 0.1) is 0 Å². The van der Waals surface area contributed by atoms with E-state index in [2.05, 4.69) is 36.2 Å². The van der Waals surface area contributed by atoms with Crippen molar-refractivity contribution in [2.45, 2.75) is 12.3 Å². The van der Waals surface area contributed by atoms with E-state index in [1.807, 2.05) is 24.3 Å². The van der Waals surface area contributed by atoms with Crippen LogP contribution in [0.3, 0.4) is 0 Å². The number of aromatic amines is 2. The minimum Gasteiger partial charge on any atom is -0.322 e. The Labute approximate surface area is 138 Å². The summed E-state index contributed by atoms with van der Waals surface area (Å²) in [6.45, 7) is 1.83. The summed E-state index contributed by atoms with van der Waals surface area (Å²) in [6, 6.07) is 7.50. The predicted molar refractivity (Wildman–Crippen MR) is 88.6 cm³/mol. The van der Waals surface area contributed by atoms with Crippen LogP contribution in [-0.4, -0.2) is 44.6 Å². The zero-order valence-corrected chi connectivity index (χ0v) is 12.9. The first-order valence-corrected chi connectivity index (χ1v) is 7.83. The van der Waals surface area contributed by atoms with Crippen molar-refractivity contribution >= 4 is 11.6 Å². The van der Waals surface area contributed by atoms with E-state index in [0.29, 0.717) is 17.2 Å². The third-order valence-corrected chi connectivity index (χ3v) is 4.21. The number of carbonyl (C=O) groups is 1. The number of hydrogen-bond donors (Lipinski definition) is 4. The molecule has 4 N–H and O–H groups in total. The van der Waals surface area contributed by atoms with Crippen LogP contribution >= 0.6 is 0 Å². The second kappa shape index (κ2) is 6.25. The van der Waals surface area contributed by atoms with Crippen molar-refractivity contribution in [1.29, 1.82) is 0 Å². The van der Waals surface area contributed by atoms with E-state index >= 15 is 0 Å². The highest BCUT2D eigenvalue weighted by atomic mass is 16.1. The van der Waals surface area contributed by atoms with Crippen LogP contribution in [0.15, 0.2) is 36.7 Å². The molecule has 0 radical (unpaired) electrons. The Balaban J connectivity index is 1.55. The third-order valence-electron chi connectivity index (χ3n) is 4.21. The van der Waals surface area contributed by atoms with E-state index < -0.39 is 0 Å². The molecule has 2 aromatic heterocycles. The maximum Gasteiger partial charge on any atom is 0.259 e. The smallest absolute Gasteiger partial charge is 0.259 e. The van der Waals surface area contributed by atoms with E-state index in [-0.39, 0.29) is 5.91 Å². The zero-order chi connectivity index (χ0) is 16.4. The van der Waals surface area contributed by atoms with Crippen LogP contribution in [0.2, 0.25) is 0 Å². The summed E-state index contributed by atoms with van der Waals surface area (Å²) in [4.78, 5) is 12.6. The first-order valence-electron chi connectivity index (χ1n) is 7.83. The Bertz CT molecular complexity index is 834. The molecule has 1 amide bonds. The molecule has 3 heterocycles. The normalized spacial score (nSPS) is 17.1. The first kappa shape index (κ1) is 14.6. The SMILES string of the molecule is O=C(Nc1cccc(-c2cn[nH]n2)c1)c1cn[nH]c1C1CCNC1. The lowest BCUT2D eigenvalue weighted by molar-refractivity contribution is 0.102. The molecule has 1 aliphatic heterocycles. The number of H-pyrrole nitrogens is 2. The number of anilines is 1. The summed E-state index contributed by atoms with van der Waals surface area (Å²) in [5.74, 6) is 0.137. The lowest BCUT2D eigenvalue weighted by Crippen LogP contribution is -2.16. The summed E-state index contributed by atoms with van der Waals surface area (Å²) in [5, 5.41) is 23.7. The van der Waals surface area contributed by atoms with Crippen LogP contribution in [0.1, 0.15) is 28.4 Å². The van der Waals surface area contributed by atoms with Gasteiger partial charge in [0.05, 0.1) is 23.7 Å². The lowest BCUT2D eigenvalue weighted by atomic mass is 10.0. The standard InChI is InChI=1S/C16H17N7O/c24-16(13-8-18-22-15(13)11-4-5-17-7-11)20-12-3-1-2-10(6-12)14-9-19-23-21-14/h1-3,6,8-9,11,17H,4-5,7H2,(H,18,22)(H,20,24)(H,19,21,23). The van der Waals surface area contributed by atoms with Gasteiger partial charge < -0.3 is 10.6 Å². The van der Waals surface area contributed by atoms with Gasteiger partial charge in [-0.2, -0.15) is 20.5 Å². The number of carbonyl (C=O) groups excluding carboxylic acids is 1. The zero-order valence-electron chi connectivity index (χ0n) is 12.9. The van der Waals surface area contributed by atoms with Gasteiger partial charge in [0.2, 0.25) is 0 Å². The van der Waals surface area contributed by atoms with E-state index in [4.69, 9.17) is 0 Å². The van der Waals surface area contributed by atoms with Gasteiger partial charge in [-0.1, -0.05) is 12.1 Å². The minimum absolute atomic E-state index is 0.164. The number of hydrogen-bond acceptors (Lipinski definition) is 5. The quantitative estimate of drug-likeness (QED) is 0.582. The maximum atomic E-state index is 12.6. The largest absolute Gasteiger partial charge is 0.322 e. The Morgan fingerprint density at radius 2 is 2.21 bits per heavy atom. The molecule has 1 saturated heterocycles. The molecule has 0 aliphatic carbocycles. The second-order valence-corrected chi connectivity index (χ2v) is 5.78. The third kappa shape index (κ3) is 2.79. The van der Waals surface area contributed by atoms with E-state index in [1.54, 1.807) is 12.4 Å². The van der Waals surface area contributed by atoms with Gasteiger partial charge in [0.15, 0.2) is 0 Å². The van der Waals surface area contributed by atoms with E-state index in [9.17, 15) is 4.79 Å². The summed E-state index contributed by atoms with van der Waals surface area (Å²) in [7, 11) is 0. The number of nitrogens with zero attached hydrogens (tertiary/aromatic N) is 3. The van der Waals surface area contributed by atoms with Crippen molar-refractivity contribution in [2.24, 2.45) is 0 Å². The number of rotatable bonds is 4. The second-order valence-electron chi connectivity index (χ2n) is 5.78. The summed E-state index contributed by atoms with van der Waals surface area (Å²) in [5.41, 5.74) is 3.80. The van der Waals surface area contributed by atoms with E-state index in [1.165, 1.54) is 0 Å². The van der Waals surface area contributed by atoms with Gasteiger partial charge in [-0.3, -0.25) is 9.89 Å². The number of nitrogens with one attached hydrogen (secondary N) is 4. The Morgan fingerprint density at radius 3 is 3.00 bits per heavy atom. The van der Waals surface area contributed by atoms with Crippen molar-refractivity contribution in [3.05, 3.63) is 47.9 Å². The molecule has 8 heteroatoms. The molecule has 8 nitrogen and oxygen atoms in total. The van der Waals surface area contributed by atoms with Crippen LogP contribution < -0.4 is 10.6 Å². The molecular weight excluding hydrogens is 306 g/mol. The highest BCUT2D eigenvalue weighted by Gasteiger charge is 2.24. The summed E-state index contributed by atoms with van der Waals surface area (Å²) >= 11 is 0. The van der Waals surface area contributed by atoms with Gasteiger partial charge in [-0.25, -0.2) is 0 Å². The summed E-state index contributed by atoms with van der Waals surface area (Å²) < 4.78 is 0. The lowest BCUT2D eigenvalue weighted by Gasteiger charge is -2.10. The van der Waals surface area contributed by atoms with Crippen LogP contribution in [0.5, 0.6) is 0 Å². The Kier molecular flexibility index (Phi) is 3.80. The van der Waals surface area contributed by atoms with Crippen molar-refractivity contribution in [1.82, 2.24) is 30.9 Å². The van der Waals surface area contributed by atoms with Gasteiger partial charge in [0.25, 0.3) is 5.91 Å².